The Balaban J connectivity index is 2.13. The minimum atomic E-state index is -0.364. The Morgan fingerprint density at radius 2 is 1.83 bits per heavy atom. The average molecular weight is 350 g/mol. The molecular formula is C17H22N2O4S. The maximum absolute atomic E-state index is 12.6. The molecule has 6 nitrogen and oxygen atoms in total. The number of hydrogen-bond acceptors (Lipinski definition) is 7. The van der Waals surface area contributed by atoms with Gasteiger partial charge in [0.15, 0.2) is 17.3 Å². The Hall–Kier alpha value is -2.02. The van der Waals surface area contributed by atoms with Crippen LogP contribution in [0.25, 0.3) is 0 Å². The van der Waals surface area contributed by atoms with Crippen molar-refractivity contribution in [1.82, 2.24) is 10.2 Å². The summed E-state index contributed by atoms with van der Waals surface area (Å²) in [5.74, 6) is 1.61. The van der Waals surface area contributed by atoms with Crippen LogP contribution >= 0.6 is 11.8 Å². The van der Waals surface area contributed by atoms with Gasteiger partial charge in [-0.05, 0) is 25.1 Å². The van der Waals surface area contributed by atoms with Gasteiger partial charge in [-0.1, -0.05) is 32.5 Å². The van der Waals surface area contributed by atoms with Crippen LogP contribution in [0.5, 0.6) is 11.5 Å². The molecule has 0 saturated heterocycles. The molecule has 7 heteroatoms. The van der Waals surface area contributed by atoms with Gasteiger partial charge in [0.1, 0.15) is 0 Å². The number of aromatic nitrogens is 2. The molecule has 2 rings (SSSR count). The van der Waals surface area contributed by atoms with Crippen LogP contribution in [-0.2, 0) is 5.41 Å². The van der Waals surface area contributed by atoms with Crippen LogP contribution in [0, 0.1) is 0 Å². The Morgan fingerprint density at radius 3 is 2.38 bits per heavy atom. The van der Waals surface area contributed by atoms with Gasteiger partial charge in [0.2, 0.25) is 5.89 Å². The fourth-order valence-electron chi connectivity index (χ4n) is 1.99. The predicted molar refractivity (Wildman–Crippen MR) is 92.2 cm³/mol. The molecule has 0 aliphatic heterocycles. The third kappa shape index (κ3) is 4.08. The van der Waals surface area contributed by atoms with Gasteiger partial charge in [-0.25, -0.2) is 0 Å². The number of hydrogen-bond donors (Lipinski definition) is 0. The maximum atomic E-state index is 12.6. The Kier molecular flexibility index (Phi) is 5.54. The summed E-state index contributed by atoms with van der Waals surface area (Å²) in [5, 5.41) is 8.07. The van der Waals surface area contributed by atoms with Gasteiger partial charge in [0, 0.05) is 11.0 Å². The second kappa shape index (κ2) is 7.25. The first-order chi connectivity index (χ1) is 11.3. The van der Waals surface area contributed by atoms with Gasteiger partial charge in [-0.2, -0.15) is 0 Å². The van der Waals surface area contributed by atoms with Crippen molar-refractivity contribution in [3.8, 4) is 11.5 Å². The Labute approximate surface area is 145 Å². The van der Waals surface area contributed by atoms with Crippen LogP contribution < -0.4 is 9.47 Å². The first kappa shape index (κ1) is 18.3. The minimum Gasteiger partial charge on any atom is -0.493 e. The van der Waals surface area contributed by atoms with Crippen LogP contribution in [0.4, 0.5) is 0 Å². The number of methoxy groups -OCH3 is 2. The topological polar surface area (TPSA) is 74.5 Å². The first-order valence-corrected chi connectivity index (χ1v) is 8.41. The van der Waals surface area contributed by atoms with Crippen LogP contribution in [0.3, 0.4) is 0 Å². The predicted octanol–water partition coefficient (Wildman–Crippen LogP) is 3.75. The quantitative estimate of drug-likeness (QED) is 0.580. The molecule has 1 heterocycles. The van der Waals surface area contributed by atoms with E-state index in [1.54, 1.807) is 25.3 Å². The van der Waals surface area contributed by atoms with Gasteiger partial charge in [0.25, 0.3) is 5.22 Å². The normalized spacial score (nSPS) is 12.8. The standard InChI is InChI=1S/C17H22N2O4S/c1-10(24-16-19-18-15(23-16)17(2,3)4)14(20)11-7-8-12(21-5)13(9-11)22-6/h7-10H,1-6H3/t10-/m0/s1. The molecule has 0 fully saturated rings. The molecule has 0 aliphatic rings. The molecule has 0 N–H and O–H groups in total. The third-order valence-corrected chi connectivity index (χ3v) is 4.30. The highest BCUT2D eigenvalue weighted by Crippen LogP contribution is 2.31. The summed E-state index contributed by atoms with van der Waals surface area (Å²) in [7, 11) is 3.09. The molecule has 0 radical (unpaired) electrons. The fourth-order valence-corrected chi connectivity index (χ4v) is 2.75. The van der Waals surface area contributed by atoms with E-state index in [0.717, 1.165) is 0 Å². The molecule has 0 unspecified atom stereocenters. The molecule has 0 aliphatic carbocycles. The summed E-state index contributed by atoms with van der Waals surface area (Å²) in [6, 6.07) is 5.11. The summed E-state index contributed by atoms with van der Waals surface area (Å²) in [6.07, 6.45) is 0. The van der Waals surface area contributed by atoms with Crippen LogP contribution in [-0.4, -0.2) is 35.5 Å². The number of carbonyl (C=O) groups is 1. The number of rotatable bonds is 6. The van der Waals surface area contributed by atoms with E-state index in [0.29, 0.717) is 28.2 Å². The van der Waals surface area contributed by atoms with E-state index in [1.807, 2.05) is 27.7 Å². The maximum Gasteiger partial charge on any atom is 0.277 e. The number of ether oxygens (including phenoxy) is 2. The SMILES string of the molecule is COc1ccc(C(=O)[C@H](C)Sc2nnc(C(C)(C)C)o2)cc1OC. The van der Waals surface area contributed by atoms with E-state index in [1.165, 1.54) is 18.9 Å². The highest BCUT2D eigenvalue weighted by molar-refractivity contribution is 8.00. The fraction of sp³-hybridized carbons (Fsp3) is 0.471. The molecule has 1 aromatic carbocycles. The van der Waals surface area contributed by atoms with Crippen LogP contribution in [0.1, 0.15) is 43.9 Å². The number of Topliss-reactive ketones (excluding diaryl/α,β-unsaturated/α-hetero) is 1. The van der Waals surface area contributed by atoms with E-state index in [2.05, 4.69) is 10.2 Å². The number of carbonyl (C=O) groups excluding carboxylic acids is 1. The molecule has 130 valence electrons. The number of thioether (sulfide) groups is 1. The van der Waals surface area contributed by atoms with Crippen molar-refractivity contribution >= 4 is 17.5 Å². The number of nitrogens with zero attached hydrogens (tertiary/aromatic N) is 2. The minimum absolute atomic E-state index is 0.0449. The summed E-state index contributed by atoms with van der Waals surface area (Å²) >= 11 is 1.24. The van der Waals surface area contributed by atoms with Gasteiger partial charge in [0.05, 0.1) is 19.5 Å². The van der Waals surface area contributed by atoms with Crippen molar-refractivity contribution in [3.05, 3.63) is 29.7 Å². The van der Waals surface area contributed by atoms with Crippen molar-refractivity contribution in [1.29, 1.82) is 0 Å². The molecule has 2 aromatic rings. The zero-order valence-electron chi connectivity index (χ0n) is 14.7. The number of ketones is 1. The molecule has 1 aromatic heterocycles. The van der Waals surface area contributed by atoms with Crippen molar-refractivity contribution in [2.75, 3.05) is 14.2 Å². The smallest absolute Gasteiger partial charge is 0.277 e. The molecule has 1 atom stereocenters. The van der Waals surface area contributed by atoms with Gasteiger partial charge in [-0.3, -0.25) is 4.79 Å². The molecule has 0 spiro atoms. The van der Waals surface area contributed by atoms with Crippen molar-refractivity contribution in [2.24, 2.45) is 0 Å². The second-order valence-corrected chi connectivity index (χ2v) is 7.61. The summed E-state index contributed by atoms with van der Waals surface area (Å²) in [4.78, 5) is 12.6. The van der Waals surface area contributed by atoms with E-state index < -0.39 is 0 Å². The summed E-state index contributed by atoms with van der Waals surface area (Å²) in [6.45, 7) is 7.79. The second-order valence-electron chi connectivity index (χ2n) is 6.32. The van der Waals surface area contributed by atoms with Gasteiger partial charge >= 0.3 is 0 Å². The van der Waals surface area contributed by atoms with Crippen LogP contribution in [0.15, 0.2) is 27.8 Å². The monoisotopic (exact) mass is 350 g/mol. The summed E-state index contributed by atoms with van der Waals surface area (Å²) in [5.41, 5.74) is 0.325. The van der Waals surface area contributed by atoms with E-state index in [4.69, 9.17) is 13.9 Å². The Morgan fingerprint density at radius 1 is 1.17 bits per heavy atom. The largest absolute Gasteiger partial charge is 0.493 e. The number of benzene rings is 1. The molecule has 0 bridgehead atoms. The van der Waals surface area contributed by atoms with Crippen molar-refractivity contribution in [3.63, 3.8) is 0 Å². The highest BCUT2D eigenvalue weighted by atomic mass is 32.2. The lowest BCUT2D eigenvalue weighted by Gasteiger charge is -2.12. The zero-order valence-corrected chi connectivity index (χ0v) is 15.6. The lowest BCUT2D eigenvalue weighted by Crippen LogP contribution is -2.13. The average Bonchev–Trinajstić information content (AvgIpc) is 3.02. The highest BCUT2D eigenvalue weighted by Gasteiger charge is 2.24. The van der Waals surface area contributed by atoms with Crippen LogP contribution in [0.2, 0.25) is 0 Å². The molecule has 0 amide bonds. The first-order valence-electron chi connectivity index (χ1n) is 7.53. The molecular weight excluding hydrogens is 328 g/mol. The van der Waals surface area contributed by atoms with E-state index in [-0.39, 0.29) is 16.4 Å². The van der Waals surface area contributed by atoms with Gasteiger partial charge in [-0.15, -0.1) is 10.2 Å². The Bertz CT molecular complexity index is 722. The van der Waals surface area contributed by atoms with Gasteiger partial charge < -0.3 is 13.9 Å². The van der Waals surface area contributed by atoms with E-state index >= 15 is 0 Å². The lowest BCUT2D eigenvalue weighted by molar-refractivity contribution is 0.0993. The van der Waals surface area contributed by atoms with E-state index in [9.17, 15) is 4.79 Å². The third-order valence-electron chi connectivity index (χ3n) is 3.36. The molecule has 24 heavy (non-hydrogen) atoms. The summed E-state index contributed by atoms with van der Waals surface area (Å²) < 4.78 is 16.1. The molecule has 0 saturated carbocycles. The zero-order chi connectivity index (χ0) is 17.9. The van der Waals surface area contributed by atoms with Crippen molar-refractivity contribution < 1.29 is 18.7 Å². The lowest BCUT2D eigenvalue weighted by atomic mass is 9.97. The van der Waals surface area contributed by atoms with Crippen molar-refractivity contribution in [2.45, 2.75) is 43.6 Å².